The molecule has 0 saturated heterocycles. The largest absolute Gasteiger partial charge is 0.481 e. The molecule has 5 aromatic carbocycles. The van der Waals surface area contributed by atoms with Gasteiger partial charge in [0.05, 0.1) is 84.5 Å². The maximum absolute atomic E-state index is 12.9. The van der Waals surface area contributed by atoms with Crippen molar-refractivity contribution in [2.24, 2.45) is 47.3 Å². The number of benzene rings is 5. The van der Waals surface area contributed by atoms with Crippen molar-refractivity contribution in [3.63, 3.8) is 0 Å². The third kappa shape index (κ3) is 15.7. The molecule has 8 heterocycles. The summed E-state index contributed by atoms with van der Waals surface area (Å²) in [6.07, 6.45) is 25.4. The van der Waals surface area contributed by atoms with E-state index in [4.69, 9.17) is 70.9 Å². The molecule has 0 bridgehead atoms. The van der Waals surface area contributed by atoms with Gasteiger partial charge < -0.3 is 23.9 Å². The maximum Gasteiger partial charge on any atom is 0.226 e. The highest BCUT2D eigenvalue weighted by molar-refractivity contribution is 6.03. The summed E-state index contributed by atoms with van der Waals surface area (Å²) in [5.41, 5.74) is 20.8. The third-order valence-electron chi connectivity index (χ3n) is 29.0. The van der Waals surface area contributed by atoms with Crippen LogP contribution in [-0.4, -0.2) is 90.1 Å². The zero-order chi connectivity index (χ0) is 92.1. The molecule has 650 valence electrons. The van der Waals surface area contributed by atoms with E-state index < -0.39 is 21.7 Å². The number of ether oxygens (including phenoxy) is 1. The van der Waals surface area contributed by atoms with Crippen LogP contribution in [0.25, 0.3) is 110 Å². The lowest BCUT2D eigenvalue weighted by Crippen LogP contribution is -2.46. The van der Waals surface area contributed by atoms with Gasteiger partial charge in [-0.15, -0.1) is 0 Å². The van der Waals surface area contributed by atoms with E-state index in [0.29, 0.717) is 29.2 Å². The third-order valence-corrected chi connectivity index (χ3v) is 29.0. The van der Waals surface area contributed by atoms with Crippen LogP contribution in [0.1, 0.15) is 143 Å². The van der Waals surface area contributed by atoms with Crippen LogP contribution in [0.5, 0.6) is 5.88 Å². The van der Waals surface area contributed by atoms with Gasteiger partial charge in [-0.25, -0.2) is 64.2 Å². The molecule has 0 radical (unpaired) electrons. The summed E-state index contributed by atoms with van der Waals surface area (Å²) in [5.74, 6) is 2.39. The van der Waals surface area contributed by atoms with E-state index in [1.807, 2.05) is 173 Å². The first kappa shape index (κ1) is 87.4. The highest BCUT2D eigenvalue weighted by Crippen LogP contribution is 2.57. The van der Waals surface area contributed by atoms with E-state index in [1.54, 1.807) is 44.3 Å². The second-order valence-corrected chi connectivity index (χ2v) is 36.6. The second-order valence-electron chi connectivity index (χ2n) is 36.6. The van der Waals surface area contributed by atoms with Crippen LogP contribution in [0.3, 0.4) is 0 Å². The highest BCUT2D eigenvalue weighted by Gasteiger charge is 2.54. The Balaban J connectivity index is 0.000000118. The molecule has 0 saturated carbocycles. The van der Waals surface area contributed by atoms with Gasteiger partial charge in [0, 0.05) is 156 Å². The number of carbonyl (C=O) groups excluding carboxylic acids is 4. The number of rotatable bonds is 10. The number of fused-ring (bicyclic) bond motifs is 13. The average Bonchev–Trinajstić information content (AvgIpc) is 0.730. The molecule has 0 aliphatic heterocycles. The number of pyridine rings is 4. The van der Waals surface area contributed by atoms with Crippen molar-refractivity contribution >= 4 is 34.0 Å². The number of Topliss-reactive ketones (excluding diaryl/α,β-unsaturated/α-hetero) is 4. The van der Waals surface area contributed by atoms with Crippen molar-refractivity contribution in [1.29, 1.82) is 0 Å². The summed E-state index contributed by atoms with van der Waals surface area (Å²) < 4.78 is 5.32. The topological polar surface area (TPSA) is 250 Å². The Morgan fingerprint density at radius 2 is 0.712 bits per heavy atom. The Hall–Kier alpha value is -15.3. The Kier molecular flexibility index (Phi) is 23.6. The first-order chi connectivity index (χ1) is 63.9. The van der Waals surface area contributed by atoms with Gasteiger partial charge in [0.15, 0.2) is 46.4 Å². The number of allylic oxidation sites excluding steroid dienone is 8. The molecule has 8 aliphatic rings. The van der Waals surface area contributed by atoms with Gasteiger partial charge in [0.25, 0.3) is 0 Å². The molecule has 21 rings (SSSR count). The molecule has 0 spiro atoms. The van der Waals surface area contributed by atoms with Gasteiger partial charge in [-0.3, -0.25) is 15.0 Å². The molecule has 12 atom stereocenters. The molecule has 21 heteroatoms. The van der Waals surface area contributed by atoms with Crippen LogP contribution in [0.2, 0.25) is 0 Å². The number of aryl methyl sites for hydroxylation is 1. The molecular formula is C111H96N16O5. The van der Waals surface area contributed by atoms with Crippen molar-refractivity contribution in [3.05, 3.63) is 374 Å². The van der Waals surface area contributed by atoms with Gasteiger partial charge in [-0.2, -0.15) is 0 Å². The summed E-state index contributed by atoms with van der Waals surface area (Å²) in [6.45, 7) is 48.8. The molecule has 0 unspecified atom stereocenters. The molecule has 8 aromatic heterocycles. The minimum atomic E-state index is -0.529. The predicted molar refractivity (Wildman–Crippen MR) is 507 cm³/mol. The Bertz CT molecular complexity index is 7130. The predicted octanol–water partition coefficient (Wildman–Crippen LogP) is 21.6. The second kappa shape index (κ2) is 35.6. The maximum atomic E-state index is 12.9. The normalized spacial score (nSPS) is 23.8. The quantitative estimate of drug-likeness (QED) is 0.115. The average molecular weight is 1730 g/mol. The van der Waals surface area contributed by atoms with Crippen molar-refractivity contribution in [2.45, 2.75) is 142 Å². The van der Waals surface area contributed by atoms with E-state index in [1.165, 1.54) is 11.1 Å². The van der Waals surface area contributed by atoms with E-state index in [2.05, 4.69) is 135 Å². The summed E-state index contributed by atoms with van der Waals surface area (Å²) in [7, 11) is 1.58. The smallest absolute Gasteiger partial charge is 0.226 e. The van der Waals surface area contributed by atoms with Gasteiger partial charge in [-0.05, 0) is 136 Å². The van der Waals surface area contributed by atoms with Crippen LogP contribution in [0.15, 0.2) is 266 Å². The molecule has 0 N–H and O–H groups in total. The van der Waals surface area contributed by atoms with E-state index in [9.17, 15) is 19.2 Å². The molecule has 132 heavy (non-hydrogen) atoms. The van der Waals surface area contributed by atoms with Crippen molar-refractivity contribution in [2.75, 3.05) is 7.11 Å². The minimum Gasteiger partial charge on any atom is -0.481 e. The lowest BCUT2D eigenvalue weighted by atomic mass is 9.58. The number of methoxy groups -OCH3 is 1. The molecule has 0 fully saturated rings. The number of hydrogen-bond donors (Lipinski definition) is 0. The van der Waals surface area contributed by atoms with Crippen LogP contribution >= 0.6 is 0 Å². The first-order valence-electron chi connectivity index (χ1n) is 45.0. The fourth-order valence-corrected chi connectivity index (χ4v) is 22.1. The van der Waals surface area contributed by atoms with Crippen LogP contribution in [-0.2, 0) is 72.9 Å². The number of para-hydroxylation sites is 1. The Morgan fingerprint density at radius 1 is 0.364 bits per heavy atom. The van der Waals surface area contributed by atoms with E-state index in [0.717, 1.165) is 175 Å². The fourth-order valence-electron chi connectivity index (χ4n) is 22.1. The number of carbonyl (C=O) groups is 4. The fraction of sp³-hybridized carbons (Fsp3) is 0.279. The minimum absolute atomic E-state index is 0.0427. The van der Waals surface area contributed by atoms with Crippen LogP contribution in [0.4, 0.5) is 0 Å². The number of ketones is 4. The zero-order valence-electron chi connectivity index (χ0n) is 75.3. The van der Waals surface area contributed by atoms with Crippen molar-refractivity contribution < 1.29 is 23.9 Å². The zero-order valence-corrected chi connectivity index (χ0v) is 75.3. The van der Waals surface area contributed by atoms with Gasteiger partial charge in [0.2, 0.25) is 28.7 Å². The molecule has 0 amide bonds. The molecular weight excluding hydrogens is 1640 g/mol. The Labute approximate surface area is 768 Å². The molecule has 8 aliphatic carbocycles. The monoisotopic (exact) mass is 1730 g/mol. The van der Waals surface area contributed by atoms with Gasteiger partial charge in [0.1, 0.15) is 0 Å². The number of hydrogen-bond acceptors (Lipinski definition) is 17. The van der Waals surface area contributed by atoms with Gasteiger partial charge in [-0.1, -0.05) is 219 Å². The van der Waals surface area contributed by atoms with Crippen molar-refractivity contribution in [3.8, 4) is 85.2 Å². The molecule has 21 nitrogen and oxygen atoms in total. The SMILES string of the molecule is [C-]#[N+]C1=C[C@@]2(C)c3nc(-c4ccnc(OC)c4)nc(-c4ccccc4)c3CC[C@@H]2[C@@H](C)C1=O.[C-]#[N+]C1=C[C@@]2(C)c3nc(-c4ccnc5ccccc45)nc(-c4ccccc4)c3CC[C@@H]2[C@@H](C)C1=O.[C-]#[N+]C1=C[C@@]2(C)c3nc(-c4ccncc4)nc(-c4ccc(C)cc4)c3CC[C@@H]2[C@@H](C)C1=O.[C-]#[N+]C1=C[C@@]2(C)c3nc(-c4ccncc4)nc(Cc4ccccc4)c3CC[C@@H]2[C@@H](C)C1=O. The summed E-state index contributed by atoms with van der Waals surface area (Å²) in [5, 5.41) is 0.996. The van der Waals surface area contributed by atoms with Crippen LogP contribution in [0, 0.1) is 80.6 Å². The van der Waals surface area contributed by atoms with E-state index >= 15 is 0 Å². The Morgan fingerprint density at radius 3 is 1.14 bits per heavy atom. The summed E-state index contributed by atoms with van der Waals surface area (Å²) in [6, 6.07) is 60.4. The number of aromatic nitrogens is 12. The highest BCUT2D eigenvalue weighted by atomic mass is 16.5. The lowest BCUT2D eigenvalue weighted by molar-refractivity contribution is -0.122. The lowest BCUT2D eigenvalue weighted by Gasteiger charge is -2.46. The number of nitrogens with zero attached hydrogens (tertiary/aromatic N) is 16. The summed E-state index contributed by atoms with van der Waals surface area (Å²) >= 11 is 0. The van der Waals surface area contributed by atoms with Gasteiger partial charge >= 0.3 is 0 Å². The summed E-state index contributed by atoms with van der Waals surface area (Å²) in [4.78, 5) is 123. The van der Waals surface area contributed by atoms with E-state index in [-0.39, 0.29) is 93.3 Å². The molecule has 13 aromatic rings. The van der Waals surface area contributed by atoms with Crippen LogP contribution < -0.4 is 4.74 Å². The first-order valence-corrected chi connectivity index (χ1v) is 45.0. The standard InChI is InChI=1S/C30H24N4O.C27H24N4O2.2C27H24N4O/c1-18-23-14-13-22-26(19-9-5-4-6-10-19)33-29(21-15-16-32-24-12-8-7-11-20(21)24)34-28(22)30(23,2)17-25(31-3)27(18)35;1-16-20-11-10-19-23(17-8-6-5-7-9-17)30-26(18-12-13-29-22(14-18)33-4)31-25(19)27(20,2)15-21(28-3)24(16)32;1-16-5-7-18(8-6-16)23-20-9-10-21-17(2)24(32)22(28-4)15-27(21,3)25(20)31-26(30-23)19-11-13-29-14-12-19;1-17-21-10-9-20-22(15-18-7-5-4-6-8-18)30-26(19-11-13-29-14-12-19)31-25(20)27(21,2)16-23(28-3)24(17)32/h4-12,15-18,23H,13-14H2,1-2H3;5-9,12-16,20H,10-11H2,1-2,4H3;5-8,11-15,17,21H,9-10H2,1-3H3;4-8,11-14,16-17,21H,9-10,15H2,1-2H3/t18-,23-,30-;16-,20-,27-;2*17-,21-,27-/m1111/s1. The van der Waals surface area contributed by atoms with Crippen molar-refractivity contribution in [1.82, 2.24) is 59.8 Å².